The van der Waals surface area contributed by atoms with E-state index in [2.05, 4.69) is 23.5 Å². The van der Waals surface area contributed by atoms with Gasteiger partial charge in [0, 0.05) is 5.70 Å². The van der Waals surface area contributed by atoms with Crippen LogP contribution < -0.4 is 16.8 Å². The SMILES string of the molecule is C=CN/C(C)=C(\N)C(N)=NC(=C)Cl. The van der Waals surface area contributed by atoms with Gasteiger partial charge in [-0.05, 0) is 13.1 Å². The van der Waals surface area contributed by atoms with E-state index in [9.17, 15) is 0 Å². The van der Waals surface area contributed by atoms with Crippen LogP contribution in [0.25, 0.3) is 0 Å². The van der Waals surface area contributed by atoms with E-state index in [-0.39, 0.29) is 11.0 Å². The first-order valence-electron chi connectivity index (χ1n) is 3.51. The largest absolute Gasteiger partial charge is 0.394 e. The molecule has 0 fully saturated rings. The number of allylic oxidation sites excluding steroid dienone is 1. The second kappa shape index (κ2) is 5.27. The molecule has 0 aromatic heterocycles. The van der Waals surface area contributed by atoms with E-state index in [1.54, 1.807) is 6.92 Å². The maximum Gasteiger partial charge on any atom is 0.150 e. The summed E-state index contributed by atoms with van der Waals surface area (Å²) in [6, 6.07) is 0. The van der Waals surface area contributed by atoms with Crippen LogP contribution in [0.15, 0.2) is 40.9 Å². The maximum atomic E-state index is 5.61. The maximum absolute atomic E-state index is 5.61. The number of aliphatic imine (C=N–C) groups is 1. The smallest absolute Gasteiger partial charge is 0.150 e. The van der Waals surface area contributed by atoms with Crippen LogP contribution in [0.4, 0.5) is 0 Å². The van der Waals surface area contributed by atoms with Crippen molar-refractivity contribution in [2.75, 3.05) is 0 Å². The van der Waals surface area contributed by atoms with Gasteiger partial charge in [-0.1, -0.05) is 24.8 Å². The van der Waals surface area contributed by atoms with Crippen LogP contribution in [0.3, 0.4) is 0 Å². The second-order valence-corrected chi connectivity index (χ2v) is 2.70. The highest BCUT2D eigenvalue weighted by molar-refractivity contribution is 6.29. The Hall–Kier alpha value is -1.42. The van der Waals surface area contributed by atoms with Crippen molar-refractivity contribution in [3.8, 4) is 0 Å². The number of hydrogen-bond donors (Lipinski definition) is 3. The molecule has 0 unspecified atom stereocenters. The molecule has 0 amide bonds. The lowest BCUT2D eigenvalue weighted by atomic mass is 10.3. The molecule has 0 rings (SSSR count). The Bertz CT molecular complexity index is 278. The van der Waals surface area contributed by atoms with Gasteiger partial charge in [-0.3, -0.25) is 0 Å². The number of hydrogen-bond acceptors (Lipinski definition) is 3. The molecule has 0 aliphatic rings. The van der Waals surface area contributed by atoms with Crippen molar-refractivity contribution < 1.29 is 0 Å². The predicted octanol–water partition coefficient (Wildman–Crippen LogP) is 0.977. The molecule has 0 aromatic carbocycles. The van der Waals surface area contributed by atoms with Crippen LogP contribution >= 0.6 is 11.6 Å². The lowest BCUT2D eigenvalue weighted by Crippen LogP contribution is -2.25. The Morgan fingerprint density at radius 2 is 2.08 bits per heavy atom. The molecule has 5 heteroatoms. The fourth-order valence-electron chi connectivity index (χ4n) is 0.614. The standard InChI is InChI=1S/C8H13ClN4/c1-4-12-5(2)7(10)8(11)13-6(3)9/h4,12H,1,3,10H2,2H3,(H2,11,13)/b7-5-. The van der Waals surface area contributed by atoms with Gasteiger partial charge in [-0.15, -0.1) is 0 Å². The Labute approximate surface area is 82.7 Å². The molecule has 0 saturated carbocycles. The minimum Gasteiger partial charge on any atom is -0.394 e. The first-order valence-corrected chi connectivity index (χ1v) is 3.89. The summed E-state index contributed by atoms with van der Waals surface area (Å²) in [4.78, 5) is 3.69. The molecule has 0 saturated heterocycles. The van der Waals surface area contributed by atoms with Gasteiger partial charge < -0.3 is 16.8 Å². The topological polar surface area (TPSA) is 76.4 Å². The molecule has 5 N–H and O–H groups in total. The fourth-order valence-corrected chi connectivity index (χ4v) is 0.705. The van der Waals surface area contributed by atoms with Gasteiger partial charge in [-0.2, -0.15) is 0 Å². The third-order valence-electron chi connectivity index (χ3n) is 1.24. The van der Waals surface area contributed by atoms with E-state index in [4.69, 9.17) is 23.1 Å². The van der Waals surface area contributed by atoms with Gasteiger partial charge >= 0.3 is 0 Å². The average molecular weight is 201 g/mol. The minimum atomic E-state index is 0.0897. The number of nitrogens with two attached hydrogens (primary N) is 2. The molecule has 0 radical (unpaired) electrons. The van der Waals surface area contributed by atoms with Crippen molar-refractivity contribution in [1.29, 1.82) is 0 Å². The average Bonchev–Trinajstić information content (AvgIpc) is 2.02. The van der Waals surface area contributed by atoms with Crippen LogP contribution in [0, 0.1) is 0 Å². The molecule has 4 nitrogen and oxygen atoms in total. The Balaban J connectivity index is 4.75. The highest BCUT2D eigenvalue weighted by Gasteiger charge is 2.01. The molecule has 0 spiro atoms. The second-order valence-electron chi connectivity index (χ2n) is 2.26. The summed E-state index contributed by atoms with van der Waals surface area (Å²) in [5.74, 6) is 0.131. The summed E-state index contributed by atoms with van der Waals surface area (Å²) in [7, 11) is 0. The zero-order valence-electron chi connectivity index (χ0n) is 7.47. The van der Waals surface area contributed by atoms with Gasteiger partial charge in [0.15, 0.2) is 0 Å². The Morgan fingerprint density at radius 3 is 2.46 bits per heavy atom. The van der Waals surface area contributed by atoms with Crippen molar-refractivity contribution in [2.45, 2.75) is 6.92 Å². The Morgan fingerprint density at radius 1 is 1.54 bits per heavy atom. The van der Waals surface area contributed by atoms with E-state index < -0.39 is 0 Å². The number of nitrogens with zero attached hydrogens (tertiary/aromatic N) is 1. The predicted molar refractivity (Wildman–Crippen MR) is 56.8 cm³/mol. The monoisotopic (exact) mass is 200 g/mol. The Kier molecular flexibility index (Phi) is 4.69. The molecule has 0 atom stereocenters. The zero-order valence-corrected chi connectivity index (χ0v) is 8.23. The quantitative estimate of drug-likeness (QED) is 0.360. The van der Waals surface area contributed by atoms with Crippen LogP contribution in [0.2, 0.25) is 0 Å². The van der Waals surface area contributed by atoms with Crippen LogP contribution in [0.1, 0.15) is 6.92 Å². The van der Waals surface area contributed by atoms with Gasteiger partial charge in [0.1, 0.15) is 11.0 Å². The third kappa shape index (κ3) is 4.22. The highest BCUT2D eigenvalue weighted by atomic mass is 35.5. The minimum absolute atomic E-state index is 0.0897. The van der Waals surface area contributed by atoms with Crippen molar-refractivity contribution in [3.63, 3.8) is 0 Å². The summed E-state index contributed by atoms with van der Waals surface area (Å²) < 4.78 is 0. The van der Waals surface area contributed by atoms with Crippen LogP contribution in [0.5, 0.6) is 0 Å². The van der Waals surface area contributed by atoms with Gasteiger partial charge in [0.25, 0.3) is 0 Å². The van der Waals surface area contributed by atoms with Crippen molar-refractivity contribution in [3.05, 3.63) is 35.9 Å². The molecule has 0 bridgehead atoms. The van der Waals surface area contributed by atoms with E-state index >= 15 is 0 Å². The number of nitrogens with one attached hydrogen (secondary N) is 1. The van der Waals surface area contributed by atoms with Crippen LogP contribution in [-0.2, 0) is 0 Å². The van der Waals surface area contributed by atoms with Gasteiger partial charge in [0.05, 0.1) is 5.70 Å². The van der Waals surface area contributed by atoms with Crippen molar-refractivity contribution >= 4 is 17.4 Å². The number of halogens is 1. The summed E-state index contributed by atoms with van der Waals surface area (Å²) in [5.41, 5.74) is 12.1. The molecular weight excluding hydrogens is 188 g/mol. The van der Waals surface area contributed by atoms with Crippen molar-refractivity contribution in [2.24, 2.45) is 16.5 Å². The molecule has 0 aromatic rings. The van der Waals surface area contributed by atoms with E-state index in [0.29, 0.717) is 11.4 Å². The molecule has 72 valence electrons. The summed E-state index contributed by atoms with van der Waals surface area (Å²) in [6.45, 7) is 8.59. The lowest BCUT2D eigenvalue weighted by Gasteiger charge is -2.05. The van der Waals surface area contributed by atoms with Gasteiger partial charge in [-0.25, -0.2) is 4.99 Å². The van der Waals surface area contributed by atoms with E-state index in [1.165, 1.54) is 6.20 Å². The molecule has 0 heterocycles. The normalized spacial score (nSPS) is 13.2. The van der Waals surface area contributed by atoms with Crippen molar-refractivity contribution in [1.82, 2.24) is 5.32 Å². The third-order valence-corrected chi connectivity index (χ3v) is 1.32. The lowest BCUT2D eigenvalue weighted by molar-refractivity contribution is 1.03. The first kappa shape index (κ1) is 11.6. The molecular formula is C8H13ClN4. The summed E-state index contributed by atoms with van der Waals surface area (Å²) >= 11 is 5.42. The van der Waals surface area contributed by atoms with Gasteiger partial charge in [0.2, 0.25) is 0 Å². The summed E-state index contributed by atoms with van der Waals surface area (Å²) in [5, 5.41) is 2.87. The first-order chi connectivity index (χ1) is 5.99. The molecule has 13 heavy (non-hydrogen) atoms. The zero-order chi connectivity index (χ0) is 10.4. The fraction of sp³-hybridized carbons (Fsp3) is 0.125. The molecule has 0 aliphatic carbocycles. The van der Waals surface area contributed by atoms with E-state index in [0.717, 1.165) is 0 Å². The highest BCUT2D eigenvalue weighted by Crippen LogP contribution is 2.01. The molecule has 0 aliphatic heterocycles. The van der Waals surface area contributed by atoms with E-state index in [1.807, 2.05) is 0 Å². The summed E-state index contributed by atoms with van der Waals surface area (Å²) in [6.07, 6.45) is 1.49. The number of amidine groups is 1. The van der Waals surface area contributed by atoms with Crippen LogP contribution in [-0.4, -0.2) is 5.84 Å². The number of rotatable bonds is 4.